The lowest BCUT2D eigenvalue weighted by Gasteiger charge is -2.05. The van der Waals surface area contributed by atoms with E-state index in [1.165, 1.54) is 28.7 Å². The molecule has 2 aromatic heterocycles. The number of nitro benzene ring substituents is 1. The molecule has 0 saturated heterocycles. The molecule has 0 fully saturated rings. The van der Waals surface area contributed by atoms with Gasteiger partial charge in [-0.3, -0.25) is 19.6 Å². The molecule has 0 amide bonds. The molecule has 150 valence electrons. The topological polar surface area (TPSA) is 107 Å². The highest BCUT2D eigenvalue weighted by Gasteiger charge is 2.15. The van der Waals surface area contributed by atoms with Crippen molar-refractivity contribution in [2.24, 2.45) is 7.05 Å². The molecular formula is C21H17N5O3S. The van der Waals surface area contributed by atoms with Crippen molar-refractivity contribution in [2.45, 2.75) is 16.7 Å². The van der Waals surface area contributed by atoms with Gasteiger partial charge in [-0.05, 0) is 36.8 Å². The van der Waals surface area contributed by atoms with E-state index >= 15 is 0 Å². The minimum atomic E-state index is -0.393. The summed E-state index contributed by atoms with van der Waals surface area (Å²) in [4.78, 5) is 31.9. The monoisotopic (exact) mass is 419 g/mol. The van der Waals surface area contributed by atoms with Crippen molar-refractivity contribution < 1.29 is 4.92 Å². The van der Waals surface area contributed by atoms with Gasteiger partial charge in [0.15, 0.2) is 5.65 Å². The first-order valence-corrected chi connectivity index (χ1v) is 9.85. The second kappa shape index (κ2) is 7.96. The maximum Gasteiger partial charge on any atom is 0.283 e. The predicted octanol–water partition coefficient (Wildman–Crippen LogP) is 4.19. The van der Waals surface area contributed by atoms with E-state index in [0.717, 1.165) is 10.5 Å². The van der Waals surface area contributed by atoms with Crippen LogP contribution in [0.2, 0.25) is 0 Å². The van der Waals surface area contributed by atoms with Gasteiger partial charge in [0.05, 0.1) is 16.0 Å². The molecule has 30 heavy (non-hydrogen) atoms. The third-order valence-corrected chi connectivity index (χ3v) is 5.56. The molecule has 1 N–H and O–H groups in total. The fourth-order valence-electron chi connectivity index (χ4n) is 2.90. The fourth-order valence-corrected chi connectivity index (χ4v) is 3.80. The van der Waals surface area contributed by atoms with Gasteiger partial charge in [-0.25, -0.2) is 4.98 Å². The number of H-pyrrole nitrogens is 1. The van der Waals surface area contributed by atoms with Crippen molar-refractivity contribution in [1.29, 1.82) is 0 Å². The summed E-state index contributed by atoms with van der Waals surface area (Å²) in [5.74, 6) is 0.344. The van der Waals surface area contributed by atoms with Gasteiger partial charge in [0.25, 0.3) is 11.2 Å². The SMILES string of the molecule is Cc1ccc(Sc2ccc(/C=C/c3nc4c(cnn4C)c(=O)[nH]3)cc2[N+](=O)[O-])cc1. The smallest absolute Gasteiger partial charge is 0.283 e. The summed E-state index contributed by atoms with van der Waals surface area (Å²) in [6.45, 7) is 1.99. The number of benzene rings is 2. The van der Waals surface area contributed by atoms with Crippen molar-refractivity contribution >= 4 is 40.6 Å². The van der Waals surface area contributed by atoms with Crippen LogP contribution in [0.3, 0.4) is 0 Å². The number of hydrogen-bond acceptors (Lipinski definition) is 6. The van der Waals surface area contributed by atoms with Crippen LogP contribution in [0.5, 0.6) is 0 Å². The van der Waals surface area contributed by atoms with Gasteiger partial charge in [-0.2, -0.15) is 5.10 Å². The average molecular weight is 419 g/mol. The van der Waals surface area contributed by atoms with Crippen LogP contribution in [0.15, 0.2) is 63.2 Å². The molecule has 0 aliphatic rings. The van der Waals surface area contributed by atoms with Gasteiger partial charge in [-0.15, -0.1) is 0 Å². The maximum absolute atomic E-state index is 12.1. The Labute approximate surface area is 175 Å². The molecular weight excluding hydrogens is 402 g/mol. The summed E-state index contributed by atoms with van der Waals surface area (Å²) >= 11 is 1.35. The lowest BCUT2D eigenvalue weighted by molar-refractivity contribution is -0.387. The highest BCUT2D eigenvalue weighted by atomic mass is 32.2. The summed E-state index contributed by atoms with van der Waals surface area (Å²) < 4.78 is 1.52. The van der Waals surface area contributed by atoms with Crippen LogP contribution in [0.4, 0.5) is 5.69 Å². The van der Waals surface area contributed by atoms with E-state index in [0.29, 0.717) is 27.3 Å². The third kappa shape index (κ3) is 4.01. The largest absolute Gasteiger partial charge is 0.306 e. The first kappa shape index (κ1) is 19.6. The standard InChI is InChI=1S/C21H17N5O3S/c1-13-3-7-15(8-4-13)30-18-9-5-14(11-17(18)26(28)29)6-10-19-23-20-16(21(27)24-19)12-22-25(20)2/h3-12H,1-2H3,(H,23,24,27)/b10-6+. The van der Waals surface area contributed by atoms with Crippen LogP contribution in [-0.4, -0.2) is 24.7 Å². The Bertz CT molecular complexity index is 1340. The van der Waals surface area contributed by atoms with Crippen LogP contribution in [0.25, 0.3) is 23.2 Å². The number of fused-ring (bicyclic) bond motifs is 1. The zero-order chi connectivity index (χ0) is 21.3. The Morgan fingerprint density at radius 2 is 1.93 bits per heavy atom. The predicted molar refractivity (Wildman–Crippen MR) is 116 cm³/mol. The Morgan fingerprint density at radius 3 is 2.67 bits per heavy atom. The third-order valence-electron chi connectivity index (χ3n) is 4.48. The molecule has 8 nitrogen and oxygen atoms in total. The first-order chi connectivity index (χ1) is 14.4. The molecule has 2 aromatic carbocycles. The normalized spacial score (nSPS) is 11.4. The number of nitrogens with one attached hydrogen (secondary N) is 1. The van der Waals surface area contributed by atoms with Gasteiger partial charge in [-0.1, -0.05) is 41.6 Å². The summed E-state index contributed by atoms with van der Waals surface area (Å²) in [7, 11) is 1.70. The molecule has 0 bridgehead atoms. The van der Waals surface area contributed by atoms with Crippen LogP contribution in [-0.2, 0) is 7.05 Å². The zero-order valence-electron chi connectivity index (χ0n) is 16.2. The summed E-state index contributed by atoms with van der Waals surface area (Å²) in [5, 5.41) is 16.0. The van der Waals surface area contributed by atoms with Gasteiger partial charge < -0.3 is 4.98 Å². The Balaban J connectivity index is 1.64. The van der Waals surface area contributed by atoms with Gasteiger partial charge in [0, 0.05) is 18.0 Å². The molecule has 0 radical (unpaired) electrons. The Hall–Kier alpha value is -3.72. The van der Waals surface area contributed by atoms with E-state index in [1.54, 1.807) is 31.3 Å². The van der Waals surface area contributed by atoms with E-state index in [-0.39, 0.29) is 11.2 Å². The van der Waals surface area contributed by atoms with Crippen LogP contribution in [0, 0.1) is 17.0 Å². The molecule has 0 unspecified atom stereocenters. The fraction of sp³-hybridized carbons (Fsp3) is 0.0952. The van der Waals surface area contributed by atoms with Crippen LogP contribution in [0.1, 0.15) is 17.0 Å². The number of aromatic amines is 1. The quantitative estimate of drug-likeness (QED) is 0.384. The van der Waals surface area contributed by atoms with Crippen molar-refractivity contribution in [2.75, 3.05) is 0 Å². The second-order valence-electron chi connectivity index (χ2n) is 6.69. The maximum atomic E-state index is 12.1. The van der Waals surface area contributed by atoms with E-state index in [2.05, 4.69) is 15.1 Å². The first-order valence-electron chi connectivity index (χ1n) is 9.04. The van der Waals surface area contributed by atoms with Gasteiger partial charge >= 0.3 is 0 Å². The zero-order valence-corrected chi connectivity index (χ0v) is 17.0. The second-order valence-corrected chi connectivity index (χ2v) is 7.80. The molecule has 2 heterocycles. The molecule has 0 aliphatic carbocycles. The number of nitro groups is 1. The number of rotatable bonds is 5. The molecule has 4 aromatic rings. The molecule has 0 saturated carbocycles. The minimum absolute atomic E-state index is 0.0197. The van der Waals surface area contributed by atoms with E-state index < -0.39 is 4.92 Å². The number of aromatic nitrogens is 4. The number of aryl methyl sites for hydroxylation is 2. The van der Waals surface area contributed by atoms with Gasteiger partial charge in [0.1, 0.15) is 11.2 Å². The molecule has 0 atom stereocenters. The van der Waals surface area contributed by atoms with Crippen molar-refractivity contribution in [1.82, 2.24) is 19.7 Å². The van der Waals surface area contributed by atoms with E-state index in [9.17, 15) is 14.9 Å². The molecule has 0 spiro atoms. The van der Waals surface area contributed by atoms with E-state index in [1.807, 2.05) is 31.2 Å². The van der Waals surface area contributed by atoms with Crippen LogP contribution >= 0.6 is 11.8 Å². The Morgan fingerprint density at radius 1 is 1.17 bits per heavy atom. The van der Waals surface area contributed by atoms with Crippen molar-refractivity contribution in [3.05, 3.63) is 86.1 Å². The highest BCUT2D eigenvalue weighted by molar-refractivity contribution is 7.99. The minimum Gasteiger partial charge on any atom is -0.306 e. The van der Waals surface area contributed by atoms with Crippen molar-refractivity contribution in [3.8, 4) is 0 Å². The Kier molecular flexibility index (Phi) is 5.20. The summed E-state index contributed by atoms with van der Waals surface area (Å²) in [6, 6.07) is 12.8. The number of nitrogens with zero attached hydrogens (tertiary/aromatic N) is 4. The summed E-state index contributed by atoms with van der Waals surface area (Å²) in [6.07, 6.45) is 4.75. The van der Waals surface area contributed by atoms with Crippen molar-refractivity contribution in [3.63, 3.8) is 0 Å². The lowest BCUT2D eigenvalue weighted by Crippen LogP contribution is -2.09. The molecule has 0 aliphatic heterocycles. The van der Waals surface area contributed by atoms with Gasteiger partial charge in [0.2, 0.25) is 0 Å². The lowest BCUT2D eigenvalue weighted by atomic mass is 10.2. The molecule has 9 heteroatoms. The van der Waals surface area contributed by atoms with E-state index in [4.69, 9.17) is 0 Å². The molecule has 4 rings (SSSR count). The highest BCUT2D eigenvalue weighted by Crippen LogP contribution is 2.35. The number of hydrogen-bond donors (Lipinski definition) is 1. The van der Waals surface area contributed by atoms with Crippen LogP contribution < -0.4 is 5.56 Å². The summed E-state index contributed by atoms with van der Waals surface area (Å²) in [5.41, 5.74) is 1.96. The average Bonchev–Trinajstić information content (AvgIpc) is 3.10.